The minimum absolute atomic E-state index is 0.152. The molecule has 1 atom stereocenters. The number of para-hydroxylation sites is 2. The third-order valence-corrected chi connectivity index (χ3v) is 5.25. The number of carbonyl (C=O) groups is 1. The van der Waals surface area contributed by atoms with Crippen molar-refractivity contribution < 1.29 is 9.21 Å². The van der Waals surface area contributed by atoms with Gasteiger partial charge in [-0.1, -0.05) is 42.5 Å². The van der Waals surface area contributed by atoms with E-state index in [1.807, 2.05) is 66.1 Å². The first-order chi connectivity index (χ1) is 15.2. The third-order valence-electron chi connectivity index (χ3n) is 5.25. The van der Waals surface area contributed by atoms with Crippen LogP contribution >= 0.6 is 0 Å². The highest BCUT2D eigenvalue weighted by Crippen LogP contribution is 2.34. The highest BCUT2D eigenvalue weighted by molar-refractivity contribution is 6.05. The van der Waals surface area contributed by atoms with Crippen LogP contribution in [-0.4, -0.2) is 20.4 Å². The summed E-state index contributed by atoms with van der Waals surface area (Å²) in [5.74, 6) is 0.0417. The van der Waals surface area contributed by atoms with Gasteiger partial charge in [0.2, 0.25) is 0 Å². The summed E-state index contributed by atoms with van der Waals surface area (Å²) in [6.45, 7) is 2.00. The first-order valence-corrected chi connectivity index (χ1v) is 9.78. The van der Waals surface area contributed by atoms with E-state index in [1.165, 1.54) is 6.26 Å². The van der Waals surface area contributed by atoms with E-state index in [2.05, 4.69) is 11.4 Å². The monoisotopic (exact) mass is 407 g/mol. The van der Waals surface area contributed by atoms with E-state index in [-0.39, 0.29) is 17.4 Å². The number of carbonyl (C=O) groups excluding carboxylic acids is 1. The summed E-state index contributed by atoms with van der Waals surface area (Å²) in [6, 6.07) is 22.5. The lowest BCUT2D eigenvalue weighted by atomic mass is 10.1. The number of rotatable bonds is 4. The molecule has 0 radical (unpaired) electrons. The highest BCUT2D eigenvalue weighted by Gasteiger charge is 2.26. The molecule has 7 nitrogen and oxygen atoms in total. The lowest BCUT2D eigenvalue weighted by Gasteiger charge is -2.19. The van der Waals surface area contributed by atoms with Crippen LogP contribution in [0, 0.1) is 11.3 Å². The molecule has 1 amide bonds. The third kappa shape index (κ3) is 3.11. The Labute approximate surface area is 177 Å². The van der Waals surface area contributed by atoms with Crippen molar-refractivity contribution in [3.8, 4) is 6.07 Å². The highest BCUT2D eigenvalue weighted by atomic mass is 16.3. The largest absolute Gasteiger partial charge is 0.459 e. The molecule has 0 aliphatic rings. The van der Waals surface area contributed by atoms with Crippen LogP contribution in [0.15, 0.2) is 77.4 Å². The SMILES string of the molecule is CC(c1ccccc1)n1c(NC(=O)c2ccco2)c(C#N)c2nc3ccccc3nc21. The van der Waals surface area contributed by atoms with E-state index >= 15 is 0 Å². The second-order valence-corrected chi connectivity index (χ2v) is 7.11. The van der Waals surface area contributed by atoms with Crippen LogP contribution in [0.5, 0.6) is 0 Å². The maximum atomic E-state index is 12.8. The molecule has 0 saturated carbocycles. The van der Waals surface area contributed by atoms with E-state index in [0.29, 0.717) is 28.0 Å². The van der Waals surface area contributed by atoms with Gasteiger partial charge in [0.1, 0.15) is 23.0 Å². The number of amides is 1. The van der Waals surface area contributed by atoms with Crippen molar-refractivity contribution in [2.24, 2.45) is 0 Å². The van der Waals surface area contributed by atoms with Crippen LogP contribution in [0.1, 0.15) is 34.6 Å². The Morgan fingerprint density at radius 3 is 2.42 bits per heavy atom. The van der Waals surface area contributed by atoms with Gasteiger partial charge in [-0.2, -0.15) is 5.26 Å². The van der Waals surface area contributed by atoms with E-state index < -0.39 is 5.91 Å². The van der Waals surface area contributed by atoms with Gasteiger partial charge < -0.3 is 14.3 Å². The summed E-state index contributed by atoms with van der Waals surface area (Å²) >= 11 is 0. The zero-order valence-electron chi connectivity index (χ0n) is 16.6. The molecule has 5 aromatic rings. The Kier molecular flexibility index (Phi) is 4.45. The maximum absolute atomic E-state index is 12.8. The number of nitrogens with zero attached hydrogens (tertiary/aromatic N) is 4. The van der Waals surface area contributed by atoms with Gasteiger partial charge in [0, 0.05) is 0 Å². The summed E-state index contributed by atoms with van der Waals surface area (Å²) in [7, 11) is 0. The molecule has 1 unspecified atom stereocenters. The Balaban J connectivity index is 1.79. The van der Waals surface area contributed by atoms with E-state index in [9.17, 15) is 10.1 Å². The van der Waals surface area contributed by atoms with Gasteiger partial charge in [-0.05, 0) is 36.8 Å². The van der Waals surface area contributed by atoms with Crippen molar-refractivity contribution in [2.45, 2.75) is 13.0 Å². The quantitative estimate of drug-likeness (QED) is 0.456. The second-order valence-electron chi connectivity index (χ2n) is 7.11. The first kappa shape index (κ1) is 18.6. The molecule has 150 valence electrons. The Morgan fingerprint density at radius 1 is 1.03 bits per heavy atom. The molecule has 0 fully saturated rings. The fraction of sp³-hybridized carbons (Fsp3) is 0.0833. The second kappa shape index (κ2) is 7.43. The molecule has 0 spiro atoms. The van der Waals surface area contributed by atoms with Gasteiger partial charge in [0.25, 0.3) is 5.91 Å². The Bertz CT molecular complexity index is 1450. The number of hydrogen-bond acceptors (Lipinski definition) is 5. The average molecular weight is 407 g/mol. The van der Waals surface area contributed by atoms with Crippen molar-refractivity contribution in [2.75, 3.05) is 5.32 Å². The normalized spacial score (nSPS) is 12.0. The molecular formula is C24H17N5O2. The van der Waals surface area contributed by atoms with Crippen molar-refractivity contribution >= 4 is 33.9 Å². The van der Waals surface area contributed by atoms with Gasteiger partial charge in [0.05, 0.1) is 23.3 Å². The number of hydrogen-bond donors (Lipinski definition) is 1. The van der Waals surface area contributed by atoms with Crippen LogP contribution in [0.4, 0.5) is 5.82 Å². The Hall–Kier alpha value is -4.44. The molecule has 7 heteroatoms. The van der Waals surface area contributed by atoms with Gasteiger partial charge in [-0.15, -0.1) is 0 Å². The predicted octanol–water partition coefficient (Wildman–Crippen LogP) is 4.91. The lowest BCUT2D eigenvalue weighted by molar-refractivity contribution is 0.0996. The zero-order valence-corrected chi connectivity index (χ0v) is 16.6. The van der Waals surface area contributed by atoms with Crippen LogP contribution < -0.4 is 5.32 Å². The molecule has 0 bridgehead atoms. The number of anilines is 1. The van der Waals surface area contributed by atoms with Crippen LogP contribution in [0.25, 0.3) is 22.2 Å². The molecular weight excluding hydrogens is 390 g/mol. The first-order valence-electron chi connectivity index (χ1n) is 9.78. The molecule has 1 N–H and O–H groups in total. The fourth-order valence-corrected chi connectivity index (χ4v) is 3.73. The van der Waals surface area contributed by atoms with Crippen molar-refractivity contribution in [3.05, 3.63) is 89.9 Å². The number of aromatic nitrogens is 3. The van der Waals surface area contributed by atoms with E-state index in [1.54, 1.807) is 12.1 Å². The smallest absolute Gasteiger partial charge is 0.292 e. The summed E-state index contributed by atoms with van der Waals surface area (Å²) in [5, 5.41) is 12.8. The predicted molar refractivity (Wildman–Crippen MR) is 117 cm³/mol. The number of benzene rings is 2. The molecule has 31 heavy (non-hydrogen) atoms. The summed E-state index contributed by atoms with van der Waals surface area (Å²) < 4.78 is 7.08. The molecule has 2 aromatic carbocycles. The van der Waals surface area contributed by atoms with Crippen molar-refractivity contribution in [1.29, 1.82) is 5.26 Å². The van der Waals surface area contributed by atoms with Crippen LogP contribution in [-0.2, 0) is 0 Å². The molecule has 0 aliphatic carbocycles. The molecule has 5 rings (SSSR count). The standard InChI is InChI=1S/C24H17N5O2/c1-15(16-8-3-2-4-9-16)29-22(28-24(30)20-12-7-13-31-20)17(14-25)21-23(29)27-19-11-6-5-10-18(19)26-21/h2-13,15H,1H3,(H,28,30). The van der Waals surface area contributed by atoms with E-state index in [4.69, 9.17) is 14.4 Å². The fourth-order valence-electron chi connectivity index (χ4n) is 3.73. The van der Waals surface area contributed by atoms with E-state index in [0.717, 1.165) is 5.56 Å². The number of nitrogens with one attached hydrogen (secondary N) is 1. The topological polar surface area (TPSA) is 96.7 Å². The number of nitriles is 1. The van der Waals surface area contributed by atoms with Crippen molar-refractivity contribution in [1.82, 2.24) is 14.5 Å². The number of fused-ring (bicyclic) bond motifs is 2. The Morgan fingerprint density at radius 2 is 1.74 bits per heavy atom. The molecule has 3 aromatic heterocycles. The maximum Gasteiger partial charge on any atom is 0.292 e. The van der Waals surface area contributed by atoms with Gasteiger partial charge >= 0.3 is 0 Å². The van der Waals surface area contributed by atoms with Gasteiger partial charge in [-0.25, -0.2) is 9.97 Å². The zero-order chi connectivity index (χ0) is 21.4. The molecule has 3 heterocycles. The summed E-state index contributed by atoms with van der Waals surface area (Å²) in [5.41, 5.74) is 3.63. The van der Waals surface area contributed by atoms with Gasteiger partial charge in [0.15, 0.2) is 11.4 Å². The average Bonchev–Trinajstić information content (AvgIpc) is 3.44. The summed E-state index contributed by atoms with van der Waals surface area (Å²) in [4.78, 5) is 22.3. The summed E-state index contributed by atoms with van der Waals surface area (Å²) in [6.07, 6.45) is 1.43. The minimum atomic E-state index is -0.449. The van der Waals surface area contributed by atoms with Gasteiger partial charge in [-0.3, -0.25) is 4.79 Å². The number of furan rings is 1. The van der Waals surface area contributed by atoms with Crippen LogP contribution in [0.2, 0.25) is 0 Å². The molecule has 0 aliphatic heterocycles. The van der Waals surface area contributed by atoms with Crippen LogP contribution in [0.3, 0.4) is 0 Å². The molecule has 0 saturated heterocycles. The lowest BCUT2D eigenvalue weighted by Crippen LogP contribution is -2.18. The minimum Gasteiger partial charge on any atom is -0.459 e. The van der Waals surface area contributed by atoms with Crippen molar-refractivity contribution in [3.63, 3.8) is 0 Å².